The molecule has 4 N–H and O–H groups in total. The van der Waals surface area contributed by atoms with E-state index in [4.69, 9.17) is 10.5 Å². The average Bonchev–Trinajstić information content (AvgIpc) is 2.59. The summed E-state index contributed by atoms with van der Waals surface area (Å²) in [4.78, 5) is 15.6. The van der Waals surface area contributed by atoms with Crippen LogP contribution in [0.5, 0.6) is 11.5 Å². The summed E-state index contributed by atoms with van der Waals surface area (Å²) >= 11 is 0. The highest BCUT2D eigenvalue weighted by Gasteiger charge is 2.13. The first kappa shape index (κ1) is 18.5. The second-order valence-electron chi connectivity index (χ2n) is 5.76. The van der Waals surface area contributed by atoms with Gasteiger partial charge in [0.25, 0.3) is 0 Å². The van der Waals surface area contributed by atoms with E-state index in [0.29, 0.717) is 18.6 Å². The van der Waals surface area contributed by atoms with Crippen molar-refractivity contribution >= 4 is 12.0 Å². The van der Waals surface area contributed by atoms with Gasteiger partial charge in [0, 0.05) is 24.3 Å². The number of hydrogen-bond acceptors (Lipinski definition) is 6. The molecule has 0 aliphatic rings. The molecular formula is C19H23N3O3. The molecule has 0 saturated heterocycles. The van der Waals surface area contributed by atoms with Crippen LogP contribution in [-0.2, 0) is 6.61 Å². The van der Waals surface area contributed by atoms with Crippen molar-refractivity contribution in [3.05, 3.63) is 59.4 Å². The molecule has 0 spiro atoms. The minimum absolute atomic E-state index is 0.107. The second kappa shape index (κ2) is 8.84. The molecule has 0 aliphatic heterocycles. The maximum absolute atomic E-state index is 11.2. The van der Waals surface area contributed by atoms with Gasteiger partial charge in [0.1, 0.15) is 18.1 Å². The summed E-state index contributed by atoms with van der Waals surface area (Å²) in [7, 11) is 0. The number of nitrogens with zero attached hydrogens (tertiary/aromatic N) is 1. The predicted octanol–water partition coefficient (Wildman–Crippen LogP) is 2.48. The Morgan fingerprint density at radius 2 is 2.16 bits per heavy atom. The van der Waals surface area contributed by atoms with Crippen molar-refractivity contribution in [3.8, 4) is 11.5 Å². The standard InChI is InChI=1S/C19H23N3O3/c1-13(2)22-16(8-9-20)19-14(5-4-10-21-19)12-25-18-7-3-6-17(24)15(18)11-23/h3-8,10-11,13,22,24H,9,12,20H2,1-2H3/b16-8-. The van der Waals surface area contributed by atoms with Gasteiger partial charge >= 0.3 is 0 Å². The van der Waals surface area contributed by atoms with E-state index in [1.807, 2.05) is 32.1 Å². The number of ether oxygens (including phenoxy) is 1. The SMILES string of the molecule is CC(C)N/C(=C\CN)c1ncccc1COc1cccc(O)c1C=O. The Bertz CT molecular complexity index is 757. The molecule has 1 aromatic heterocycles. The summed E-state index contributed by atoms with van der Waals surface area (Å²) in [5.41, 5.74) is 8.22. The van der Waals surface area contributed by atoms with Crippen molar-refractivity contribution in [3.63, 3.8) is 0 Å². The van der Waals surface area contributed by atoms with Crippen LogP contribution in [-0.4, -0.2) is 29.0 Å². The van der Waals surface area contributed by atoms with Gasteiger partial charge in [-0.15, -0.1) is 0 Å². The van der Waals surface area contributed by atoms with Gasteiger partial charge in [0.15, 0.2) is 6.29 Å². The highest BCUT2D eigenvalue weighted by molar-refractivity contribution is 5.83. The molecule has 1 aromatic carbocycles. The highest BCUT2D eigenvalue weighted by Crippen LogP contribution is 2.27. The molecular weight excluding hydrogens is 318 g/mol. The number of pyridine rings is 1. The summed E-state index contributed by atoms with van der Waals surface area (Å²) in [5.74, 6) is 0.218. The Morgan fingerprint density at radius 3 is 2.84 bits per heavy atom. The van der Waals surface area contributed by atoms with E-state index < -0.39 is 0 Å². The third-order valence-electron chi connectivity index (χ3n) is 3.46. The number of hydrogen-bond donors (Lipinski definition) is 3. The molecule has 0 radical (unpaired) electrons. The number of aromatic nitrogens is 1. The first-order valence-corrected chi connectivity index (χ1v) is 8.07. The van der Waals surface area contributed by atoms with Crippen LogP contribution in [0.1, 0.15) is 35.5 Å². The fourth-order valence-electron chi connectivity index (χ4n) is 2.38. The minimum atomic E-state index is -0.107. The third kappa shape index (κ3) is 4.81. The number of carbonyl (C=O) groups is 1. The molecule has 0 aliphatic carbocycles. The molecule has 132 valence electrons. The van der Waals surface area contributed by atoms with E-state index in [2.05, 4.69) is 10.3 Å². The van der Waals surface area contributed by atoms with Gasteiger partial charge in [-0.2, -0.15) is 0 Å². The summed E-state index contributed by atoms with van der Waals surface area (Å²) in [6.45, 7) is 4.65. The molecule has 0 amide bonds. The van der Waals surface area contributed by atoms with Crippen LogP contribution in [0.4, 0.5) is 0 Å². The lowest BCUT2D eigenvalue weighted by molar-refractivity contribution is 0.111. The predicted molar refractivity (Wildman–Crippen MR) is 97.4 cm³/mol. The van der Waals surface area contributed by atoms with Gasteiger partial charge in [0.05, 0.1) is 17.0 Å². The van der Waals surface area contributed by atoms with Gasteiger partial charge in [-0.25, -0.2) is 0 Å². The molecule has 1 heterocycles. The molecule has 0 fully saturated rings. The summed E-state index contributed by atoms with van der Waals surface area (Å²) < 4.78 is 5.75. The van der Waals surface area contributed by atoms with Gasteiger partial charge in [-0.3, -0.25) is 9.78 Å². The Kier molecular flexibility index (Phi) is 6.54. The highest BCUT2D eigenvalue weighted by atomic mass is 16.5. The van der Waals surface area contributed by atoms with Crippen LogP contribution in [0, 0.1) is 0 Å². The number of phenols is 1. The van der Waals surface area contributed by atoms with Gasteiger partial charge in [-0.05, 0) is 38.1 Å². The number of nitrogens with one attached hydrogen (secondary N) is 1. The Labute approximate surface area is 147 Å². The maximum atomic E-state index is 11.2. The molecule has 25 heavy (non-hydrogen) atoms. The van der Waals surface area contributed by atoms with Crippen LogP contribution in [0.3, 0.4) is 0 Å². The normalized spacial score (nSPS) is 11.4. The minimum Gasteiger partial charge on any atom is -0.507 e. The largest absolute Gasteiger partial charge is 0.507 e. The van der Waals surface area contributed by atoms with Crippen LogP contribution < -0.4 is 15.8 Å². The van der Waals surface area contributed by atoms with E-state index in [1.165, 1.54) is 6.07 Å². The van der Waals surface area contributed by atoms with Crippen LogP contribution >= 0.6 is 0 Å². The molecule has 2 rings (SSSR count). The van der Waals surface area contributed by atoms with Crippen molar-refractivity contribution in [1.82, 2.24) is 10.3 Å². The van der Waals surface area contributed by atoms with E-state index in [-0.39, 0.29) is 24.0 Å². The maximum Gasteiger partial charge on any atom is 0.157 e. The number of aldehydes is 1. The van der Waals surface area contributed by atoms with Crippen LogP contribution in [0.25, 0.3) is 5.70 Å². The van der Waals surface area contributed by atoms with Crippen molar-refractivity contribution in [2.24, 2.45) is 5.73 Å². The molecule has 0 atom stereocenters. The number of phenolic OH excluding ortho intramolecular Hbond substituents is 1. The Balaban J connectivity index is 2.28. The molecule has 0 saturated carbocycles. The monoisotopic (exact) mass is 341 g/mol. The van der Waals surface area contributed by atoms with Gasteiger partial charge in [-0.1, -0.05) is 12.1 Å². The van der Waals surface area contributed by atoms with E-state index in [1.54, 1.807) is 18.3 Å². The number of rotatable bonds is 8. The lowest BCUT2D eigenvalue weighted by atomic mass is 10.1. The smallest absolute Gasteiger partial charge is 0.157 e. The zero-order valence-corrected chi connectivity index (χ0v) is 14.4. The van der Waals surface area contributed by atoms with Gasteiger partial charge in [0.2, 0.25) is 0 Å². The summed E-state index contributed by atoms with van der Waals surface area (Å²) in [6, 6.07) is 8.66. The molecule has 0 bridgehead atoms. The fourth-order valence-corrected chi connectivity index (χ4v) is 2.38. The first-order valence-electron chi connectivity index (χ1n) is 8.07. The van der Waals surface area contributed by atoms with Crippen molar-refractivity contribution in [2.75, 3.05) is 6.54 Å². The fraction of sp³-hybridized carbons (Fsp3) is 0.263. The van der Waals surface area contributed by atoms with E-state index in [0.717, 1.165) is 17.0 Å². The second-order valence-corrected chi connectivity index (χ2v) is 5.76. The zero-order valence-electron chi connectivity index (χ0n) is 14.4. The molecule has 0 unspecified atom stereocenters. The Morgan fingerprint density at radius 1 is 1.36 bits per heavy atom. The topological polar surface area (TPSA) is 97.5 Å². The van der Waals surface area contributed by atoms with Crippen LogP contribution in [0.15, 0.2) is 42.6 Å². The summed E-state index contributed by atoms with van der Waals surface area (Å²) in [6.07, 6.45) is 4.16. The quantitative estimate of drug-likeness (QED) is 0.638. The van der Waals surface area contributed by atoms with E-state index in [9.17, 15) is 9.90 Å². The molecule has 2 aromatic rings. The number of aromatic hydroxyl groups is 1. The number of benzene rings is 1. The first-order chi connectivity index (χ1) is 12.1. The molecule has 6 heteroatoms. The third-order valence-corrected chi connectivity index (χ3v) is 3.46. The van der Waals surface area contributed by atoms with Crippen LogP contribution in [0.2, 0.25) is 0 Å². The molecule has 6 nitrogen and oxygen atoms in total. The van der Waals surface area contributed by atoms with E-state index >= 15 is 0 Å². The lowest BCUT2D eigenvalue weighted by Crippen LogP contribution is -2.23. The average molecular weight is 341 g/mol. The number of nitrogens with two attached hydrogens (primary N) is 1. The zero-order chi connectivity index (χ0) is 18.2. The summed E-state index contributed by atoms with van der Waals surface area (Å²) in [5, 5.41) is 13.1. The number of carbonyl (C=O) groups excluding carboxylic acids is 1. The van der Waals surface area contributed by atoms with Crippen molar-refractivity contribution in [1.29, 1.82) is 0 Å². The van der Waals surface area contributed by atoms with Gasteiger partial charge < -0.3 is 20.9 Å². The lowest BCUT2D eigenvalue weighted by Gasteiger charge is -2.17. The van der Waals surface area contributed by atoms with Crippen molar-refractivity contribution < 1.29 is 14.6 Å². The Hall–Kier alpha value is -2.86. The van der Waals surface area contributed by atoms with Crippen molar-refractivity contribution in [2.45, 2.75) is 26.5 Å².